The predicted octanol–water partition coefficient (Wildman–Crippen LogP) is 2.41. The summed E-state index contributed by atoms with van der Waals surface area (Å²) in [5.41, 5.74) is 1.83. The van der Waals surface area contributed by atoms with Crippen LogP contribution in [0.3, 0.4) is 0 Å². The molecule has 0 saturated carbocycles. The molecule has 0 spiro atoms. The van der Waals surface area contributed by atoms with Gasteiger partial charge in [0.2, 0.25) is 10.0 Å². The van der Waals surface area contributed by atoms with Crippen LogP contribution in [0.25, 0.3) is 6.08 Å². The number of carbonyl (C=O) groups excluding carboxylic acids is 1. The number of carbonyl (C=O) groups is 1. The van der Waals surface area contributed by atoms with Gasteiger partial charge in [0, 0.05) is 24.4 Å². The molecule has 7 nitrogen and oxygen atoms in total. The number of sulfonamides is 1. The molecular weight excluding hydrogens is 380 g/mol. The van der Waals surface area contributed by atoms with Crippen molar-refractivity contribution in [3.05, 3.63) is 59.7 Å². The second-order valence-corrected chi connectivity index (χ2v) is 8.17. The van der Waals surface area contributed by atoms with Crippen LogP contribution in [-0.4, -0.2) is 40.7 Å². The third-order valence-corrected chi connectivity index (χ3v) is 5.72. The Labute approximate surface area is 164 Å². The molecule has 148 valence electrons. The zero-order valence-corrected chi connectivity index (χ0v) is 16.5. The lowest BCUT2D eigenvalue weighted by atomic mass is 10.1. The van der Waals surface area contributed by atoms with Gasteiger partial charge in [-0.15, -0.1) is 0 Å². The number of rotatable bonds is 7. The zero-order valence-electron chi connectivity index (χ0n) is 15.6. The summed E-state index contributed by atoms with van der Waals surface area (Å²) in [4.78, 5) is 12.6. The monoisotopic (exact) mass is 402 g/mol. The minimum absolute atomic E-state index is 0.114. The van der Waals surface area contributed by atoms with Gasteiger partial charge in [-0.3, -0.25) is 4.79 Å². The Morgan fingerprint density at radius 1 is 1.18 bits per heavy atom. The molecule has 0 aliphatic carbocycles. The zero-order chi connectivity index (χ0) is 20.1. The molecule has 1 aliphatic rings. The lowest BCUT2D eigenvalue weighted by Crippen LogP contribution is -2.35. The Balaban J connectivity index is 1.68. The molecule has 1 atom stereocenters. The van der Waals surface area contributed by atoms with Crippen molar-refractivity contribution in [1.29, 1.82) is 0 Å². The van der Waals surface area contributed by atoms with Crippen molar-refractivity contribution in [2.45, 2.75) is 17.9 Å². The van der Waals surface area contributed by atoms with Crippen LogP contribution in [-0.2, 0) is 19.6 Å². The summed E-state index contributed by atoms with van der Waals surface area (Å²) in [6.45, 7) is 2.16. The Bertz CT molecular complexity index is 984. The number of ether oxygens (including phenoxy) is 2. The summed E-state index contributed by atoms with van der Waals surface area (Å²) >= 11 is 0. The number of benzene rings is 2. The highest BCUT2D eigenvalue weighted by atomic mass is 32.2. The van der Waals surface area contributed by atoms with Gasteiger partial charge in [-0.2, -0.15) is 0 Å². The molecular formula is C20H22N2O5S. The molecule has 0 saturated heterocycles. The van der Waals surface area contributed by atoms with Crippen LogP contribution < -0.4 is 14.8 Å². The second-order valence-electron chi connectivity index (χ2n) is 6.45. The molecule has 1 amide bonds. The van der Waals surface area contributed by atoms with Crippen molar-refractivity contribution in [1.82, 2.24) is 4.72 Å². The van der Waals surface area contributed by atoms with E-state index in [1.54, 1.807) is 25.1 Å². The molecule has 0 radical (unpaired) electrons. The molecule has 0 aromatic heterocycles. The first-order valence-corrected chi connectivity index (χ1v) is 10.2. The highest BCUT2D eigenvalue weighted by Gasteiger charge is 2.19. The third-order valence-electron chi connectivity index (χ3n) is 4.12. The van der Waals surface area contributed by atoms with Crippen LogP contribution in [0.4, 0.5) is 5.69 Å². The number of fused-ring (bicyclic) bond motifs is 1. The maximum absolute atomic E-state index is 12.5. The molecule has 2 aromatic rings. The third kappa shape index (κ3) is 4.78. The number of amides is 1. The Morgan fingerprint density at radius 3 is 2.61 bits per heavy atom. The van der Waals surface area contributed by atoms with E-state index < -0.39 is 10.0 Å². The first-order valence-electron chi connectivity index (χ1n) is 8.74. The molecule has 8 heteroatoms. The van der Waals surface area contributed by atoms with Crippen molar-refractivity contribution in [2.24, 2.45) is 0 Å². The number of methoxy groups -OCH3 is 1. The molecule has 1 aliphatic heterocycles. The minimum atomic E-state index is -3.65. The fourth-order valence-corrected chi connectivity index (χ4v) is 4.02. The van der Waals surface area contributed by atoms with E-state index in [2.05, 4.69) is 10.0 Å². The Kier molecular flexibility index (Phi) is 6.13. The van der Waals surface area contributed by atoms with Crippen molar-refractivity contribution in [3.8, 4) is 5.75 Å². The summed E-state index contributed by atoms with van der Waals surface area (Å²) in [6, 6.07) is 13.1. The molecule has 0 bridgehead atoms. The van der Waals surface area contributed by atoms with Gasteiger partial charge in [0.15, 0.2) is 0 Å². The fraction of sp³-hybridized carbons (Fsp3) is 0.250. The van der Waals surface area contributed by atoms with E-state index in [-0.39, 0.29) is 30.1 Å². The molecule has 0 fully saturated rings. The van der Waals surface area contributed by atoms with Gasteiger partial charge in [0.05, 0.1) is 17.1 Å². The van der Waals surface area contributed by atoms with Crippen LogP contribution in [0.2, 0.25) is 0 Å². The van der Waals surface area contributed by atoms with Gasteiger partial charge in [-0.1, -0.05) is 18.2 Å². The Morgan fingerprint density at radius 2 is 1.89 bits per heavy atom. The molecule has 2 N–H and O–H groups in total. The Hall–Kier alpha value is -2.68. The highest BCUT2D eigenvalue weighted by molar-refractivity contribution is 7.89. The first kappa shape index (κ1) is 20.1. The van der Waals surface area contributed by atoms with Crippen molar-refractivity contribution in [2.75, 3.05) is 25.6 Å². The topological polar surface area (TPSA) is 93.7 Å². The number of hydrogen-bond donors (Lipinski definition) is 2. The van der Waals surface area contributed by atoms with E-state index in [0.29, 0.717) is 11.3 Å². The summed E-state index contributed by atoms with van der Waals surface area (Å²) in [5, 5.41) is 2.76. The first-order chi connectivity index (χ1) is 13.4. The highest BCUT2D eigenvalue weighted by Crippen LogP contribution is 2.26. The lowest BCUT2D eigenvalue weighted by molar-refractivity contribution is -0.113. The summed E-state index contributed by atoms with van der Waals surface area (Å²) < 4.78 is 37.7. The lowest BCUT2D eigenvalue weighted by Gasteiger charge is -2.17. The molecule has 2 aromatic carbocycles. The second kappa shape index (κ2) is 8.55. The van der Waals surface area contributed by atoms with Crippen LogP contribution in [0.5, 0.6) is 5.75 Å². The van der Waals surface area contributed by atoms with Crippen molar-refractivity contribution >= 4 is 27.7 Å². The van der Waals surface area contributed by atoms with Gasteiger partial charge < -0.3 is 14.8 Å². The SMILES string of the molecule is COC[C@H](C)NS(=O)(=O)c1ccc(NC(=O)C2=Cc3ccccc3OC2)cc1. The smallest absolute Gasteiger partial charge is 0.255 e. The summed E-state index contributed by atoms with van der Waals surface area (Å²) in [7, 11) is -2.15. The number of para-hydroxylation sites is 1. The van der Waals surface area contributed by atoms with Gasteiger partial charge >= 0.3 is 0 Å². The number of anilines is 1. The van der Waals surface area contributed by atoms with E-state index >= 15 is 0 Å². The van der Waals surface area contributed by atoms with E-state index in [0.717, 1.165) is 11.3 Å². The van der Waals surface area contributed by atoms with Crippen LogP contribution in [0.1, 0.15) is 12.5 Å². The van der Waals surface area contributed by atoms with Crippen molar-refractivity contribution in [3.63, 3.8) is 0 Å². The average molecular weight is 402 g/mol. The van der Waals surface area contributed by atoms with Crippen LogP contribution >= 0.6 is 0 Å². The van der Waals surface area contributed by atoms with Gasteiger partial charge in [0.25, 0.3) is 5.91 Å². The summed E-state index contributed by atoms with van der Waals surface area (Å²) in [5.74, 6) is 0.445. The van der Waals surface area contributed by atoms with Gasteiger partial charge in [0.1, 0.15) is 12.4 Å². The number of hydrogen-bond acceptors (Lipinski definition) is 5. The van der Waals surface area contributed by atoms with Gasteiger partial charge in [-0.05, 0) is 43.3 Å². The fourth-order valence-electron chi connectivity index (χ4n) is 2.79. The minimum Gasteiger partial charge on any atom is -0.488 e. The molecule has 28 heavy (non-hydrogen) atoms. The van der Waals surface area contributed by atoms with Crippen molar-refractivity contribution < 1.29 is 22.7 Å². The van der Waals surface area contributed by atoms with Crippen LogP contribution in [0, 0.1) is 0 Å². The normalized spacial score (nSPS) is 14.4. The molecule has 3 rings (SSSR count). The quantitative estimate of drug-likeness (QED) is 0.742. The summed E-state index contributed by atoms with van der Waals surface area (Å²) in [6.07, 6.45) is 1.79. The van der Waals surface area contributed by atoms with E-state index in [1.807, 2.05) is 24.3 Å². The maximum atomic E-state index is 12.5. The average Bonchev–Trinajstić information content (AvgIpc) is 2.67. The van der Waals surface area contributed by atoms with Crippen LogP contribution in [0.15, 0.2) is 59.0 Å². The molecule has 1 heterocycles. The maximum Gasteiger partial charge on any atom is 0.255 e. The van der Waals surface area contributed by atoms with E-state index in [1.165, 1.54) is 19.2 Å². The molecule has 0 unspecified atom stereocenters. The van der Waals surface area contributed by atoms with E-state index in [4.69, 9.17) is 9.47 Å². The van der Waals surface area contributed by atoms with Gasteiger partial charge in [-0.25, -0.2) is 13.1 Å². The predicted molar refractivity (Wildman–Crippen MR) is 107 cm³/mol. The standard InChI is InChI=1S/C20H22N2O5S/c1-14(12-26-2)22-28(24,25)18-9-7-17(8-10-18)21-20(23)16-11-15-5-3-4-6-19(15)27-13-16/h3-11,14,22H,12-13H2,1-2H3,(H,21,23)/t14-/m0/s1. The largest absolute Gasteiger partial charge is 0.488 e. The number of nitrogens with one attached hydrogen (secondary N) is 2. The van der Waals surface area contributed by atoms with E-state index in [9.17, 15) is 13.2 Å².